The van der Waals surface area contributed by atoms with Gasteiger partial charge in [0.25, 0.3) is 5.91 Å². The number of hydrazine groups is 1. The van der Waals surface area contributed by atoms with Gasteiger partial charge in [-0.3, -0.25) is 29.7 Å². The van der Waals surface area contributed by atoms with Crippen molar-refractivity contribution in [3.05, 3.63) is 70.4 Å². The Hall–Kier alpha value is -5.18. The van der Waals surface area contributed by atoms with Gasteiger partial charge < -0.3 is 14.8 Å². The number of carbonyl (C=O) groups excluding carboxylic acids is 4. The molecule has 49 heavy (non-hydrogen) atoms. The minimum Gasteiger partial charge on any atom is -0.428 e. The molecular weight excluding hydrogens is 659 g/mol. The number of imide groups is 1. The molecule has 2 atom stereocenters. The third kappa shape index (κ3) is 9.04. The Morgan fingerprint density at radius 2 is 1.88 bits per heavy atom. The number of carbonyl (C=O) groups is 4. The molecule has 2 aromatic rings. The molecule has 0 aromatic heterocycles. The molecule has 2 heterocycles. The van der Waals surface area contributed by atoms with E-state index in [0.29, 0.717) is 40.3 Å². The molecule has 0 bridgehead atoms. The number of amides is 3. The molecule has 3 aliphatic rings. The van der Waals surface area contributed by atoms with Gasteiger partial charge in [-0.1, -0.05) is 25.1 Å². The fraction of sp³-hybridized carbons (Fsp3) is 0.375. The highest BCUT2D eigenvalue weighted by molar-refractivity contribution is 7.31. The van der Waals surface area contributed by atoms with Gasteiger partial charge in [0.2, 0.25) is 12.7 Å². The summed E-state index contributed by atoms with van der Waals surface area (Å²) in [7, 11) is -2.93. The number of esters is 1. The molecule has 1 fully saturated rings. The second-order valence-electron chi connectivity index (χ2n) is 11.5. The summed E-state index contributed by atoms with van der Waals surface area (Å²) in [6, 6.07) is 11.4. The summed E-state index contributed by atoms with van der Waals surface area (Å²) in [4.78, 5) is 75.2. The zero-order chi connectivity index (χ0) is 35.1. The smallest absolute Gasteiger partial charge is 0.428 e. The van der Waals surface area contributed by atoms with Crippen LogP contribution in [0.2, 0.25) is 0 Å². The number of fused-ring (bicyclic) bond motifs is 1. The monoisotopic (exact) mass is 695 g/mol. The van der Waals surface area contributed by atoms with Crippen molar-refractivity contribution in [2.24, 2.45) is 15.9 Å². The van der Waals surface area contributed by atoms with Crippen LogP contribution in [0.25, 0.3) is 0 Å². The number of aliphatic imine (C=N–C) groups is 2. The fourth-order valence-electron chi connectivity index (χ4n) is 5.13. The van der Waals surface area contributed by atoms with E-state index in [1.165, 1.54) is 30.6 Å². The summed E-state index contributed by atoms with van der Waals surface area (Å²) in [6.45, 7) is 5.04. The van der Waals surface area contributed by atoms with Gasteiger partial charge in [-0.2, -0.15) is 0 Å². The van der Waals surface area contributed by atoms with Crippen LogP contribution in [0.3, 0.4) is 0 Å². The quantitative estimate of drug-likeness (QED) is 0.0904. The Labute approximate surface area is 282 Å². The summed E-state index contributed by atoms with van der Waals surface area (Å²) >= 11 is 0. The Balaban J connectivity index is 1.21. The molecule has 258 valence electrons. The minimum atomic E-state index is -2.93. The number of rotatable bonds is 13. The lowest BCUT2D eigenvalue weighted by Gasteiger charge is -2.26. The predicted octanol–water partition coefficient (Wildman–Crippen LogP) is 3.75. The van der Waals surface area contributed by atoms with Crippen molar-refractivity contribution in [2.75, 3.05) is 19.9 Å². The highest BCUT2D eigenvalue weighted by Gasteiger charge is 2.41. The van der Waals surface area contributed by atoms with Gasteiger partial charge in [-0.15, -0.1) is 4.89 Å². The third-order valence-electron chi connectivity index (χ3n) is 7.86. The van der Waals surface area contributed by atoms with Crippen LogP contribution < -0.4 is 15.6 Å². The summed E-state index contributed by atoms with van der Waals surface area (Å²) in [5, 5.41) is 4.71. The fourth-order valence-corrected chi connectivity index (χ4v) is 5.28. The topological polar surface area (TPSA) is 198 Å². The maximum atomic E-state index is 13.8. The van der Waals surface area contributed by atoms with Crippen molar-refractivity contribution in [3.8, 4) is 5.75 Å². The number of hydrogen-bond donors (Lipinski definition) is 3. The highest BCUT2D eigenvalue weighted by atomic mass is 31.1. The van der Waals surface area contributed by atoms with Gasteiger partial charge in [0, 0.05) is 22.7 Å². The molecule has 3 N–H and O–H groups in total. The average molecular weight is 696 g/mol. The van der Waals surface area contributed by atoms with E-state index in [2.05, 4.69) is 25.3 Å². The second kappa shape index (κ2) is 15.8. The molecule has 16 nitrogen and oxygen atoms in total. The summed E-state index contributed by atoms with van der Waals surface area (Å²) in [5.41, 5.74) is 6.68. The molecule has 17 heteroatoms. The molecule has 0 spiro atoms. The Morgan fingerprint density at radius 3 is 2.57 bits per heavy atom. The maximum Gasteiger partial charge on any atom is 0.735 e. The number of nitrogens with zero attached hydrogens (tertiary/aromatic N) is 4. The van der Waals surface area contributed by atoms with Crippen LogP contribution in [0.5, 0.6) is 5.75 Å². The summed E-state index contributed by atoms with van der Waals surface area (Å²) < 4.78 is 24.9. The van der Waals surface area contributed by atoms with Crippen molar-refractivity contribution in [1.82, 2.24) is 20.7 Å². The van der Waals surface area contributed by atoms with Crippen molar-refractivity contribution >= 4 is 50.0 Å². The van der Waals surface area contributed by atoms with Gasteiger partial charge in [-0.05, 0) is 74.1 Å². The van der Waals surface area contributed by atoms with Crippen LogP contribution in [0, 0.1) is 12.8 Å². The van der Waals surface area contributed by atoms with Gasteiger partial charge in [0.15, 0.2) is 11.6 Å². The largest absolute Gasteiger partial charge is 0.735 e. The third-order valence-corrected chi connectivity index (χ3v) is 8.06. The van der Waals surface area contributed by atoms with Crippen LogP contribution in [0.15, 0.2) is 63.7 Å². The predicted molar refractivity (Wildman–Crippen MR) is 174 cm³/mol. The first kappa shape index (κ1) is 35.1. The zero-order valence-electron chi connectivity index (χ0n) is 27.1. The van der Waals surface area contributed by atoms with Crippen molar-refractivity contribution in [3.63, 3.8) is 0 Å². The van der Waals surface area contributed by atoms with Crippen LogP contribution in [0.4, 0.5) is 10.5 Å². The molecular formula is C32H36N6O10P+. The van der Waals surface area contributed by atoms with E-state index in [9.17, 15) is 23.7 Å². The Bertz CT molecular complexity index is 1720. The van der Waals surface area contributed by atoms with E-state index >= 15 is 0 Å². The van der Waals surface area contributed by atoms with E-state index in [1.807, 2.05) is 19.9 Å². The Kier molecular flexibility index (Phi) is 11.3. The van der Waals surface area contributed by atoms with E-state index in [0.717, 1.165) is 23.3 Å². The number of ether oxygens (including phenoxy) is 2. The van der Waals surface area contributed by atoms with Gasteiger partial charge in [0.05, 0.1) is 24.6 Å². The second-order valence-corrected chi connectivity index (χ2v) is 12.1. The molecule has 2 aliphatic heterocycles. The van der Waals surface area contributed by atoms with Crippen molar-refractivity contribution in [2.45, 2.75) is 52.5 Å². The van der Waals surface area contributed by atoms with Crippen LogP contribution >= 0.6 is 8.25 Å². The number of benzene rings is 2. The summed E-state index contributed by atoms with van der Waals surface area (Å²) in [5.74, 6) is -1.58. The summed E-state index contributed by atoms with van der Waals surface area (Å²) in [6.07, 6.45) is 2.76. The number of amidine groups is 1. The van der Waals surface area contributed by atoms with Gasteiger partial charge in [-0.25, -0.2) is 19.7 Å². The first-order valence-corrected chi connectivity index (χ1v) is 16.7. The molecule has 0 saturated heterocycles. The average Bonchev–Trinajstić information content (AvgIpc) is 3.83. The molecule has 3 amide bonds. The minimum absolute atomic E-state index is 0.0766. The lowest BCUT2D eigenvalue weighted by molar-refractivity contribution is -0.152. The lowest BCUT2D eigenvalue weighted by Crippen LogP contribution is -2.45. The van der Waals surface area contributed by atoms with Gasteiger partial charge >= 0.3 is 20.3 Å². The normalized spacial score (nSPS) is 17.6. The van der Waals surface area contributed by atoms with E-state index in [1.54, 1.807) is 24.1 Å². The van der Waals surface area contributed by atoms with Crippen LogP contribution in [-0.4, -0.2) is 76.8 Å². The first-order valence-electron chi connectivity index (χ1n) is 15.5. The Morgan fingerprint density at radius 1 is 1.12 bits per heavy atom. The highest BCUT2D eigenvalue weighted by Crippen LogP contribution is 2.33. The number of aryl methyl sites for hydroxylation is 1. The molecule has 1 aliphatic carbocycles. The standard InChI is InChI=1S/C32H35N6O10P/c1-4-13-37(32(42)46-18-45-27(39)14-21-6-11-24(12-7-21)47-48-49(43)44)31(41)25-16-38-28(20(25)3)29(33-17-34-38)36-26-15-22(8-5-19(26)2)30(40)35-23-9-10-23/h5-8,11-12,15,17,23,25H,4,9-10,13-14,16,18H2,1-3H3,(H2-,33,34,35,36,40,43,44)/p+1. The zero-order valence-corrected chi connectivity index (χ0v) is 28.0. The molecule has 0 radical (unpaired) electrons. The molecule has 2 unspecified atom stereocenters. The number of hydrogen-bond acceptors (Lipinski definition) is 12. The van der Waals surface area contributed by atoms with Gasteiger partial charge in [0.1, 0.15) is 16.7 Å². The van der Waals surface area contributed by atoms with E-state index in [4.69, 9.17) is 19.4 Å². The van der Waals surface area contributed by atoms with E-state index < -0.39 is 38.9 Å². The lowest BCUT2D eigenvalue weighted by atomic mass is 10.0. The molecule has 2 aromatic carbocycles. The van der Waals surface area contributed by atoms with E-state index in [-0.39, 0.29) is 37.2 Å². The first-order chi connectivity index (χ1) is 23.5. The van der Waals surface area contributed by atoms with Crippen molar-refractivity contribution < 1.29 is 47.7 Å². The maximum absolute atomic E-state index is 13.8. The van der Waals surface area contributed by atoms with Crippen LogP contribution in [-0.2, 0) is 34.7 Å². The SMILES string of the molecule is CCCN(C(=O)OCOC(=O)Cc1ccc(OO[P+](=O)O)cc1)C(=O)C1CN2NC=NC(=Nc3cc(C(=O)NC4CC4)ccc3C)C2=C1C. The van der Waals surface area contributed by atoms with Crippen LogP contribution in [0.1, 0.15) is 54.6 Å². The molecule has 1 saturated carbocycles. The number of nitrogens with one attached hydrogen (secondary N) is 2. The van der Waals surface area contributed by atoms with Crippen molar-refractivity contribution in [1.29, 1.82) is 0 Å². The molecule has 5 rings (SSSR count).